The molecule has 126 valence electrons. The van der Waals surface area contributed by atoms with Gasteiger partial charge in [-0.3, -0.25) is 14.5 Å². The minimum atomic E-state index is -0.262. The topological polar surface area (TPSA) is 75.4 Å². The van der Waals surface area contributed by atoms with Gasteiger partial charge in [-0.25, -0.2) is 0 Å². The number of amides is 1. The van der Waals surface area contributed by atoms with Crippen LogP contribution in [0.25, 0.3) is 0 Å². The van der Waals surface area contributed by atoms with E-state index in [1.54, 1.807) is 18.2 Å². The third kappa shape index (κ3) is 3.98. The van der Waals surface area contributed by atoms with Gasteiger partial charge < -0.3 is 11.1 Å². The van der Waals surface area contributed by atoms with E-state index < -0.39 is 0 Å². The molecule has 1 fully saturated rings. The van der Waals surface area contributed by atoms with Crippen molar-refractivity contribution >= 4 is 17.4 Å². The van der Waals surface area contributed by atoms with Gasteiger partial charge in [0.2, 0.25) is 5.91 Å². The van der Waals surface area contributed by atoms with Gasteiger partial charge in [0.05, 0.1) is 11.7 Å². The number of para-hydroxylation sites is 1. The highest BCUT2D eigenvalue weighted by Crippen LogP contribution is 2.29. The first-order chi connectivity index (χ1) is 10.7. The lowest BCUT2D eigenvalue weighted by molar-refractivity contribution is -0.122. The third-order valence-electron chi connectivity index (χ3n) is 4.83. The van der Waals surface area contributed by atoms with Crippen LogP contribution in [0, 0.1) is 5.41 Å². The van der Waals surface area contributed by atoms with Crippen LogP contribution in [0.4, 0.5) is 5.69 Å². The van der Waals surface area contributed by atoms with E-state index >= 15 is 0 Å². The highest BCUT2D eigenvalue weighted by molar-refractivity contribution is 6.04. The van der Waals surface area contributed by atoms with Crippen molar-refractivity contribution in [2.75, 3.05) is 18.4 Å². The van der Waals surface area contributed by atoms with Crippen molar-refractivity contribution in [1.29, 1.82) is 0 Å². The van der Waals surface area contributed by atoms with Crippen LogP contribution in [0.3, 0.4) is 0 Å². The number of nitrogens with two attached hydrogens (primary N) is 1. The van der Waals surface area contributed by atoms with Gasteiger partial charge in [0.15, 0.2) is 5.78 Å². The number of benzene rings is 1. The Morgan fingerprint density at radius 2 is 2.00 bits per heavy atom. The van der Waals surface area contributed by atoms with E-state index in [0.29, 0.717) is 11.3 Å². The van der Waals surface area contributed by atoms with Gasteiger partial charge in [0, 0.05) is 24.7 Å². The molecule has 1 heterocycles. The number of Topliss-reactive ketones (excluding diaryl/α,β-unsaturated/α-hetero) is 1. The monoisotopic (exact) mass is 317 g/mol. The Kier molecular flexibility index (Phi) is 5.22. The maximum absolute atomic E-state index is 12.6. The lowest BCUT2D eigenvalue weighted by Crippen LogP contribution is -2.56. The number of carbonyl (C=O) groups is 2. The van der Waals surface area contributed by atoms with E-state index in [9.17, 15) is 9.59 Å². The van der Waals surface area contributed by atoms with E-state index in [1.165, 1.54) is 6.92 Å². The van der Waals surface area contributed by atoms with Crippen molar-refractivity contribution < 1.29 is 9.59 Å². The largest absolute Gasteiger partial charge is 0.327 e. The van der Waals surface area contributed by atoms with Gasteiger partial charge >= 0.3 is 0 Å². The number of hydrogen-bond donors (Lipinski definition) is 2. The van der Waals surface area contributed by atoms with Crippen LogP contribution in [-0.2, 0) is 4.79 Å². The van der Waals surface area contributed by atoms with Crippen LogP contribution < -0.4 is 11.1 Å². The molecule has 2 rings (SSSR count). The number of likely N-dealkylation sites (tertiary alicyclic amines) is 1. The average Bonchev–Trinajstić information content (AvgIpc) is 2.49. The SMILES string of the molecule is CC(=O)c1ccccc1NC(=O)C(C)N1CCC(N)C(C)(C)C1. The van der Waals surface area contributed by atoms with Crippen LogP contribution in [0.2, 0.25) is 0 Å². The van der Waals surface area contributed by atoms with Crippen molar-refractivity contribution in [3.8, 4) is 0 Å². The summed E-state index contributed by atoms with van der Waals surface area (Å²) in [4.78, 5) is 26.4. The molecule has 23 heavy (non-hydrogen) atoms. The molecule has 2 atom stereocenters. The number of nitrogens with one attached hydrogen (secondary N) is 1. The Morgan fingerprint density at radius 1 is 1.35 bits per heavy atom. The van der Waals surface area contributed by atoms with Gasteiger partial charge in [-0.15, -0.1) is 0 Å². The zero-order valence-electron chi connectivity index (χ0n) is 14.4. The predicted octanol–water partition coefficient (Wildman–Crippen LogP) is 2.28. The Balaban J connectivity index is 2.08. The predicted molar refractivity (Wildman–Crippen MR) is 92.5 cm³/mol. The minimum Gasteiger partial charge on any atom is -0.327 e. The van der Waals surface area contributed by atoms with Gasteiger partial charge in [-0.1, -0.05) is 26.0 Å². The second-order valence-corrected chi connectivity index (χ2v) is 7.12. The summed E-state index contributed by atoms with van der Waals surface area (Å²) in [6.45, 7) is 9.28. The molecule has 0 radical (unpaired) electrons. The maximum atomic E-state index is 12.6. The van der Waals surface area contributed by atoms with E-state index in [4.69, 9.17) is 5.73 Å². The van der Waals surface area contributed by atoms with Crippen LogP contribution >= 0.6 is 0 Å². The second kappa shape index (κ2) is 6.81. The van der Waals surface area contributed by atoms with E-state index in [2.05, 4.69) is 24.1 Å². The fourth-order valence-corrected chi connectivity index (χ4v) is 3.05. The molecule has 1 amide bonds. The van der Waals surface area contributed by atoms with Crippen LogP contribution in [-0.4, -0.2) is 41.8 Å². The number of hydrogen-bond acceptors (Lipinski definition) is 4. The Bertz CT molecular complexity index is 598. The Labute approximate surface area is 138 Å². The lowest BCUT2D eigenvalue weighted by Gasteiger charge is -2.44. The van der Waals surface area contributed by atoms with Gasteiger partial charge in [0.25, 0.3) is 0 Å². The first-order valence-electron chi connectivity index (χ1n) is 8.13. The average molecular weight is 317 g/mol. The summed E-state index contributed by atoms with van der Waals surface area (Å²) in [5.74, 6) is -0.149. The van der Waals surface area contributed by atoms with Crippen LogP contribution in [0.15, 0.2) is 24.3 Å². The normalized spacial score (nSPS) is 22.4. The van der Waals surface area contributed by atoms with Gasteiger partial charge in [0.1, 0.15) is 0 Å². The molecule has 1 aliphatic rings. The number of rotatable bonds is 4. The Morgan fingerprint density at radius 3 is 2.61 bits per heavy atom. The molecule has 1 aromatic carbocycles. The van der Waals surface area contributed by atoms with Crippen molar-refractivity contribution in [3.63, 3.8) is 0 Å². The van der Waals surface area contributed by atoms with E-state index in [0.717, 1.165) is 19.5 Å². The summed E-state index contributed by atoms with van der Waals surface area (Å²) < 4.78 is 0. The van der Waals surface area contributed by atoms with Crippen molar-refractivity contribution in [1.82, 2.24) is 4.90 Å². The van der Waals surface area contributed by atoms with Crippen molar-refractivity contribution in [2.24, 2.45) is 11.1 Å². The highest BCUT2D eigenvalue weighted by Gasteiger charge is 2.36. The number of nitrogens with zero attached hydrogens (tertiary/aromatic N) is 1. The molecule has 2 unspecified atom stereocenters. The maximum Gasteiger partial charge on any atom is 0.241 e. The molecule has 3 N–H and O–H groups in total. The van der Waals surface area contributed by atoms with Gasteiger partial charge in [-0.05, 0) is 37.8 Å². The van der Waals surface area contributed by atoms with Crippen LogP contribution in [0.1, 0.15) is 44.5 Å². The molecular formula is C18H27N3O2. The molecule has 0 aromatic heterocycles. The smallest absolute Gasteiger partial charge is 0.241 e. The molecule has 0 spiro atoms. The first-order valence-corrected chi connectivity index (χ1v) is 8.13. The number of ketones is 1. The van der Waals surface area contributed by atoms with Crippen molar-refractivity contribution in [2.45, 2.75) is 46.2 Å². The fraction of sp³-hybridized carbons (Fsp3) is 0.556. The fourth-order valence-electron chi connectivity index (χ4n) is 3.05. The molecule has 0 bridgehead atoms. The molecule has 0 aliphatic carbocycles. The summed E-state index contributed by atoms with van der Waals surface area (Å²) in [6.07, 6.45) is 0.884. The van der Waals surface area contributed by atoms with E-state index in [1.807, 2.05) is 13.0 Å². The molecule has 1 saturated heterocycles. The van der Waals surface area contributed by atoms with Crippen LogP contribution in [0.5, 0.6) is 0 Å². The highest BCUT2D eigenvalue weighted by atomic mass is 16.2. The summed E-state index contributed by atoms with van der Waals surface area (Å²) in [6, 6.07) is 7.00. The van der Waals surface area contributed by atoms with Gasteiger partial charge in [-0.2, -0.15) is 0 Å². The molecule has 0 saturated carbocycles. The molecular weight excluding hydrogens is 290 g/mol. The lowest BCUT2D eigenvalue weighted by atomic mass is 9.79. The summed E-state index contributed by atoms with van der Waals surface area (Å²) in [5, 5.41) is 2.89. The first kappa shape index (κ1) is 17.6. The summed E-state index contributed by atoms with van der Waals surface area (Å²) in [7, 11) is 0. The van der Waals surface area contributed by atoms with Crippen molar-refractivity contribution in [3.05, 3.63) is 29.8 Å². The molecule has 5 heteroatoms. The van der Waals surface area contributed by atoms with E-state index in [-0.39, 0.29) is 29.2 Å². The number of piperidine rings is 1. The number of carbonyl (C=O) groups excluding carboxylic acids is 2. The quantitative estimate of drug-likeness (QED) is 0.835. The second-order valence-electron chi connectivity index (χ2n) is 7.12. The Hall–Kier alpha value is -1.72. The molecule has 5 nitrogen and oxygen atoms in total. The number of anilines is 1. The summed E-state index contributed by atoms with van der Waals surface area (Å²) in [5.41, 5.74) is 7.26. The molecule has 1 aromatic rings. The molecule has 1 aliphatic heterocycles. The summed E-state index contributed by atoms with van der Waals surface area (Å²) >= 11 is 0. The zero-order valence-corrected chi connectivity index (χ0v) is 14.4. The standard InChI is InChI=1S/C18H27N3O2/c1-12(21-10-9-16(19)18(3,4)11-21)17(23)20-15-8-6-5-7-14(15)13(2)22/h5-8,12,16H,9-11,19H2,1-4H3,(H,20,23). The third-order valence-corrected chi connectivity index (χ3v) is 4.83. The zero-order chi connectivity index (χ0) is 17.2. The minimum absolute atomic E-state index is 0.00984.